The molecule has 6 heterocycles. The van der Waals surface area contributed by atoms with Gasteiger partial charge in [-0.1, -0.05) is 6.07 Å². The van der Waals surface area contributed by atoms with Crippen LogP contribution in [-0.2, 0) is 17.9 Å². The van der Waals surface area contributed by atoms with E-state index in [4.69, 9.17) is 0 Å². The second kappa shape index (κ2) is 8.68. The molecule has 0 bridgehead atoms. The monoisotopic (exact) mass is 516 g/mol. The first kappa shape index (κ1) is 22.9. The first-order chi connectivity index (χ1) is 18.5. The third-order valence-corrected chi connectivity index (χ3v) is 7.88. The van der Waals surface area contributed by atoms with Gasteiger partial charge >= 0.3 is 6.03 Å². The number of fused-ring (bicyclic) bond motifs is 1. The summed E-state index contributed by atoms with van der Waals surface area (Å²) < 4.78 is 34.3. The van der Waals surface area contributed by atoms with Gasteiger partial charge in [0.25, 0.3) is 0 Å². The lowest BCUT2D eigenvalue weighted by atomic mass is 10.0. The third kappa shape index (κ3) is 3.43. The van der Waals surface area contributed by atoms with Crippen LogP contribution in [0.2, 0.25) is 0 Å². The van der Waals surface area contributed by atoms with E-state index in [1.165, 1.54) is 6.07 Å². The molecule has 38 heavy (non-hydrogen) atoms. The maximum atomic E-state index is 15.5. The summed E-state index contributed by atoms with van der Waals surface area (Å²) in [5.41, 5.74) is 3.67. The Kier molecular flexibility index (Phi) is 5.24. The highest BCUT2D eigenvalue weighted by Crippen LogP contribution is 2.39. The summed E-state index contributed by atoms with van der Waals surface area (Å²) in [7, 11) is 0. The van der Waals surface area contributed by atoms with E-state index in [9.17, 15) is 9.59 Å². The van der Waals surface area contributed by atoms with Gasteiger partial charge in [-0.25, -0.2) is 18.6 Å². The van der Waals surface area contributed by atoms with Crippen LogP contribution in [0.1, 0.15) is 36.1 Å². The predicted molar refractivity (Wildman–Crippen MR) is 138 cm³/mol. The number of carbonyl (C=O) groups is 2. The molecule has 194 valence electrons. The molecule has 7 rings (SSSR count). The second-order valence-corrected chi connectivity index (χ2v) is 10.1. The number of halogens is 2. The average Bonchev–Trinajstić information content (AvgIpc) is 3.61. The van der Waals surface area contributed by atoms with E-state index in [1.807, 2.05) is 38.3 Å². The molecule has 0 aliphatic carbocycles. The van der Waals surface area contributed by atoms with Crippen molar-refractivity contribution in [2.45, 2.75) is 32.4 Å². The second-order valence-electron chi connectivity index (χ2n) is 10.1. The average molecular weight is 517 g/mol. The Morgan fingerprint density at radius 2 is 1.87 bits per heavy atom. The largest absolute Gasteiger partial charge is 0.376 e. The van der Waals surface area contributed by atoms with Crippen molar-refractivity contribution in [2.75, 3.05) is 26.2 Å². The number of urea groups is 1. The maximum Gasteiger partial charge on any atom is 0.320 e. The standard InChI is InChI=1S/C28H26F2N6O2/c29-19-12-17-15-35(28(38)33-7-3-1-4-8-33)11-10-34-16-18(23(25(19)30)27(17)34)26-24(21(37)14-32-26)20-13-31-22-6-2-5-9-36(20)22/h2,5-6,9,12-13,16,32H,1,3-4,7-8,10-11,14-15H2. The molecule has 3 aliphatic rings. The Balaban J connectivity index is 1.37. The number of rotatable bonds is 2. The molecular weight excluding hydrogens is 490 g/mol. The zero-order chi connectivity index (χ0) is 26.0. The van der Waals surface area contributed by atoms with Crippen molar-refractivity contribution in [3.8, 4) is 0 Å². The van der Waals surface area contributed by atoms with Crippen LogP contribution in [0, 0.1) is 11.6 Å². The number of piperidine rings is 1. The topological polar surface area (TPSA) is 74.9 Å². The highest BCUT2D eigenvalue weighted by Gasteiger charge is 2.33. The minimum absolute atomic E-state index is 0.0549. The van der Waals surface area contributed by atoms with Gasteiger partial charge in [-0.3, -0.25) is 9.20 Å². The van der Waals surface area contributed by atoms with E-state index in [2.05, 4.69) is 10.3 Å². The molecule has 0 saturated carbocycles. The third-order valence-electron chi connectivity index (χ3n) is 7.88. The molecule has 2 amide bonds. The van der Waals surface area contributed by atoms with Crippen molar-refractivity contribution in [1.29, 1.82) is 0 Å². The Labute approximate surface area is 217 Å². The van der Waals surface area contributed by atoms with Crippen LogP contribution in [-0.4, -0.2) is 61.7 Å². The number of likely N-dealkylation sites (tertiary alicyclic amines) is 1. The van der Waals surface area contributed by atoms with Crippen molar-refractivity contribution < 1.29 is 18.4 Å². The zero-order valence-corrected chi connectivity index (χ0v) is 20.7. The number of pyridine rings is 1. The fourth-order valence-corrected chi connectivity index (χ4v) is 6.08. The van der Waals surface area contributed by atoms with Gasteiger partial charge in [0.1, 0.15) is 5.65 Å². The molecule has 8 nitrogen and oxygen atoms in total. The van der Waals surface area contributed by atoms with Gasteiger partial charge < -0.3 is 19.7 Å². The molecule has 0 unspecified atom stereocenters. The van der Waals surface area contributed by atoms with Crippen molar-refractivity contribution in [1.82, 2.24) is 29.1 Å². The molecule has 1 aromatic carbocycles. The van der Waals surface area contributed by atoms with E-state index >= 15 is 8.78 Å². The van der Waals surface area contributed by atoms with Crippen LogP contribution in [0.5, 0.6) is 0 Å². The number of imidazole rings is 1. The maximum absolute atomic E-state index is 15.5. The molecule has 0 radical (unpaired) electrons. The Hall–Kier alpha value is -4.21. The van der Waals surface area contributed by atoms with Crippen molar-refractivity contribution in [3.63, 3.8) is 0 Å². The Morgan fingerprint density at radius 3 is 2.71 bits per heavy atom. The fourth-order valence-electron chi connectivity index (χ4n) is 6.08. The first-order valence-corrected chi connectivity index (χ1v) is 13.0. The number of hydrogen-bond acceptors (Lipinski definition) is 4. The molecule has 10 heteroatoms. The van der Waals surface area contributed by atoms with Crippen LogP contribution >= 0.6 is 0 Å². The van der Waals surface area contributed by atoms with Gasteiger partial charge in [-0.05, 0) is 43.0 Å². The van der Waals surface area contributed by atoms with Gasteiger partial charge in [-0.15, -0.1) is 0 Å². The lowest BCUT2D eigenvalue weighted by molar-refractivity contribution is -0.112. The van der Waals surface area contributed by atoms with E-state index in [-0.39, 0.29) is 30.3 Å². The summed E-state index contributed by atoms with van der Waals surface area (Å²) >= 11 is 0. The number of hydrogen-bond donors (Lipinski definition) is 1. The molecule has 1 fully saturated rings. The molecule has 0 spiro atoms. The number of carbonyl (C=O) groups excluding carboxylic acids is 2. The molecule has 4 aromatic rings. The number of ketones is 1. The smallest absolute Gasteiger partial charge is 0.320 e. The number of nitrogens with one attached hydrogen (secondary N) is 1. The van der Waals surface area contributed by atoms with E-state index in [0.717, 1.165) is 32.4 Å². The zero-order valence-electron chi connectivity index (χ0n) is 20.7. The summed E-state index contributed by atoms with van der Waals surface area (Å²) in [6.07, 6.45) is 8.30. The SMILES string of the molecule is O=C1CNC(c2cn3c4c(cc(F)c(F)c24)CN(C(=O)N2CCCCC2)CC3)=C1c1cnc2ccccn12. The van der Waals surface area contributed by atoms with Gasteiger partial charge in [0.2, 0.25) is 0 Å². The molecule has 3 aliphatic heterocycles. The summed E-state index contributed by atoms with van der Waals surface area (Å²) in [5, 5.41) is 3.26. The summed E-state index contributed by atoms with van der Waals surface area (Å²) in [6, 6.07) is 6.69. The number of amides is 2. The van der Waals surface area contributed by atoms with E-state index < -0.39 is 11.6 Å². The highest BCUT2D eigenvalue weighted by molar-refractivity contribution is 6.32. The summed E-state index contributed by atoms with van der Waals surface area (Å²) in [6.45, 7) is 2.54. The summed E-state index contributed by atoms with van der Waals surface area (Å²) in [4.78, 5) is 34.3. The fraction of sp³-hybridized carbons (Fsp3) is 0.321. The molecule has 1 N–H and O–H groups in total. The lowest BCUT2D eigenvalue weighted by Gasteiger charge is -2.32. The van der Waals surface area contributed by atoms with Gasteiger partial charge in [0.15, 0.2) is 17.4 Å². The van der Waals surface area contributed by atoms with Gasteiger partial charge in [-0.2, -0.15) is 0 Å². The molecule has 1 saturated heterocycles. The number of benzene rings is 1. The van der Waals surface area contributed by atoms with Crippen molar-refractivity contribution >= 4 is 39.6 Å². The molecule has 3 aromatic heterocycles. The van der Waals surface area contributed by atoms with Crippen LogP contribution < -0.4 is 5.32 Å². The van der Waals surface area contributed by atoms with Gasteiger partial charge in [0.05, 0.1) is 35.2 Å². The normalized spacial score (nSPS) is 18.0. The van der Waals surface area contributed by atoms with E-state index in [1.54, 1.807) is 17.3 Å². The molecule has 0 atom stereocenters. The Morgan fingerprint density at radius 1 is 1.03 bits per heavy atom. The van der Waals surface area contributed by atoms with Crippen molar-refractivity contribution in [2.24, 2.45) is 0 Å². The Bertz CT molecular complexity index is 1660. The van der Waals surface area contributed by atoms with E-state index in [0.29, 0.717) is 52.3 Å². The minimum Gasteiger partial charge on any atom is -0.376 e. The van der Waals surface area contributed by atoms with Crippen LogP contribution in [0.3, 0.4) is 0 Å². The number of nitrogens with zero attached hydrogens (tertiary/aromatic N) is 5. The minimum atomic E-state index is -0.972. The lowest BCUT2D eigenvalue weighted by Crippen LogP contribution is -2.45. The van der Waals surface area contributed by atoms with Crippen LogP contribution in [0.25, 0.3) is 27.8 Å². The van der Waals surface area contributed by atoms with Crippen LogP contribution in [0.4, 0.5) is 13.6 Å². The first-order valence-electron chi connectivity index (χ1n) is 13.0. The summed E-state index contributed by atoms with van der Waals surface area (Å²) in [5.74, 6) is -2.08. The van der Waals surface area contributed by atoms with Crippen molar-refractivity contribution in [3.05, 3.63) is 71.3 Å². The van der Waals surface area contributed by atoms with Gasteiger partial charge in [0, 0.05) is 56.1 Å². The van der Waals surface area contributed by atoms with Crippen LogP contribution in [0.15, 0.2) is 42.9 Å². The molecular formula is C28H26F2N6O2. The highest BCUT2D eigenvalue weighted by atomic mass is 19.2. The quantitative estimate of drug-likeness (QED) is 0.437. The number of Topliss-reactive ketones (excluding diaryl/α,β-unsaturated/α-hetero) is 1. The number of aromatic nitrogens is 3. The predicted octanol–water partition coefficient (Wildman–Crippen LogP) is 4.03.